The SMILES string of the molecule is Cc1ccccc1Cn1nc(C)c(NC(=O)c2cnn3c(C(F)(F)F)cc(-c4ccc(C(C)C)cc4)nc23)c1C. The molecule has 40 heavy (non-hydrogen) atoms. The van der Waals surface area contributed by atoms with E-state index >= 15 is 0 Å². The second-order valence-electron chi connectivity index (χ2n) is 10.2. The molecule has 0 fully saturated rings. The number of fused-ring (bicyclic) bond motifs is 1. The monoisotopic (exact) mass is 546 g/mol. The first-order valence-electron chi connectivity index (χ1n) is 12.9. The van der Waals surface area contributed by atoms with E-state index in [1.165, 1.54) is 0 Å². The number of benzene rings is 2. The van der Waals surface area contributed by atoms with Gasteiger partial charge in [-0.25, -0.2) is 9.50 Å². The van der Waals surface area contributed by atoms with Crippen molar-refractivity contribution in [3.63, 3.8) is 0 Å². The molecule has 1 N–H and O–H groups in total. The highest BCUT2D eigenvalue weighted by molar-refractivity contribution is 6.08. The van der Waals surface area contributed by atoms with E-state index in [0.29, 0.717) is 28.0 Å². The average Bonchev–Trinajstić information content (AvgIpc) is 3.45. The van der Waals surface area contributed by atoms with Crippen molar-refractivity contribution in [2.75, 3.05) is 5.32 Å². The molecule has 0 bridgehead atoms. The summed E-state index contributed by atoms with van der Waals surface area (Å²) in [4.78, 5) is 17.9. The van der Waals surface area contributed by atoms with Crippen molar-refractivity contribution in [1.82, 2.24) is 24.4 Å². The molecule has 7 nitrogen and oxygen atoms in total. The Hall–Kier alpha value is -4.47. The van der Waals surface area contributed by atoms with E-state index in [1.54, 1.807) is 23.7 Å². The lowest BCUT2D eigenvalue weighted by molar-refractivity contribution is -0.142. The van der Waals surface area contributed by atoms with E-state index in [-0.39, 0.29) is 22.8 Å². The highest BCUT2D eigenvalue weighted by Gasteiger charge is 2.36. The van der Waals surface area contributed by atoms with E-state index in [4.69, 9.17) is 0 Å². The molecule has 3 aromatic heterocycles. The van der Waals surface area contributed by atoms with Crippen LogP contribution >= 0.6 is 0 Å². The van der Waals surface area contributed by atoms with Crippen LogP contribution in [0.5, 0.6) is 0 Å². The average molecular weight is 547 g/mol. The third-order valence-electron chi connectivity index (χ3n) is 7.08. The molecule has 0 aliphatic heterocycles. The Bertz CT molecular complexity index is 1710. The molecular formula is C30H29F3N6O. The van der Waals surface area contributed by atoms with Crippen molar-refractivity contribution < 1.29 is 18.0 Å². The fourth-order valence-corrected chi connectivity index (χ4v) is 4.67. The number of carbonyl (C=O) groups is 1. The summed E-state index contributed by atoms with van der Waals surface area (Å²) >= 11 is 0. The number of amides is 1. The van der Waals surface area contributed by atoms with Crippen LogP contribution in [0.15, 0.2) is 60.8 Å². The molecule has 0 saturated heterocycles. The van der Waals surface area contributed by atoms with Gasteiger partial charge in [-0.05, 0) is 49.4 Å². The predicted molar refractivity (Wildman–Crippen MR) is 147 cm³/mol. The minimum Gasteiger partial charge on any atom is -0.319 e. The fourth-order valence-electron chi connectivity index (χ4n) is 4.67. The maximum absolute atomic E-state index is 14.1. The Kier molecular flexibility index (Phi) is 6.95. The lowest BCUT2D eigenvalue weighted by Crippen LogP contribution is -2.16. The predicted octanol–water partition coefficient (Wildman–Crippen LogP) is 6.96. The minimum atomic E-state index is -4.71. The van der Waals surface area contributed by atoms with Gasteiger partial charge in [-0.3, -0.25) is 9.48 Å². The number of hydrogen-bond donors (Lipinski definition) is 1. The van der Waals surface area contributed by atoms with Crippen molar-refractivity contribution in [3.05, 3.63) is 100 Å². The second kappa shape index (κ2) is 10.3. The smallest absolute Gasteiger partial charge is 0.319 e. The van der Waals surface area contributed by atoms with Crippen molar-refractivity contribution in [2.45, 2.75) is 53.3 Å². The molecule has 0 radical (unpaired) electrons. The van der Waals surface area contributed by atoms with Crippen LogP contribution in [-0.4, -0.2) is 30.3 Å². The van der Waals surface area contributed by atoms with Gasteiger partial charge in [0.15, 0.2) is 11.3 Å². The van der Waals surface area contributed by atoms with Crippen molar-refractivity contribution in [3.8, 4) is 11.3 Å². The molecule has 2 aromatic carbocycles. The molecule has 206 valence electrons. The number of carbonyl (C=O) groups excluding carboxylic acids is 1. The van der Waals surface area contributed by atoms with Gasteiger partial charge < -0.3 is 5.32 Å². The van der Waals surface area contributed by atoms with Gasteiger partial charge >= 0.3 is 6.18 Å². The van der Waals surface area contributed by atoms with Gasteiger partial charge in [0.1, 0.15) is 5.56 Å². The number of aromatic nitrogens is 5. The lowest BCUT2D eigenvalue weighted by atomic mass is 10.0. The molecule has 5 rings (SSSR count). The molecule has 0 aliphatic carbocycles. The molecule has 0 saturated carbocycles. The van der Waals surface area contributed by atoms with Crippen LogP contribution in [-0.2, 0) is 12.7 Å². The van der Waals surface area contributed by atoms with Gasteiger partial charge in [0.25, 0.3) is 5.91 Å². The molecule has 10 heteroatoms. The highest BCUT2D eigenvalue weighted by atomic mass is 19.4. The quantitative estimate of drug-likeness (QED) is 0.250. The molecule has 0 aliphatic rings. The van der Waals surface area contributed by atoms with Gasteiger partial charge in [-0.15, -0.1) is 0 Å². The van der Waals surface area contributed by atoms with E-state index in [1.807, 2.05) is 64.1 Å². The zero-order valence-electron chi connectivity index (χ0n) is 22.8. The molecule has 5 aromatic rings. The number of nitrogens with zero attached hydrogens (tertiary/aromatic N) is 5. The van der Waals surface area contributed by atoms with Gasteiger partial charge in [0.05, 0.1) is 35.5 Å². The number of anilines is 1. The maximum Gasteiger partial charge on any atom is 0.433 e. The van der Waals surface area contributed by atoms with E-state index < -0.39 is 17.8 Å². The number of halogens is 3. The zero-order chi connectivity index (χ0) is 28.8. The van der Waals surface area contributed by atoms with Gasteiger partial charge in [0.2, 0.25) is 0 Å². The third-order valence-corrected chi connectivity index (χ3v) is 7.08. The van der Waals surface area contributed by atoms with E-state index in [0.717, 1.165) is 34.6 Å². The van der Waals surface area contributed by atoms with Crippen molar-refractivity contribution in [1.29, 1.82) is 0 Å². The van der Waals surface area contributed by atoms with E-state index in [2.05, 4.69) is 20.5 Å². The fraction of sp³-hybridized carbons (Fsp3) is 0.267. The summed E-state index contributed by atoms with van der Waals surface area (Å²) in [6.45, 7) is 10.2. The van der Waals surface area contributed by atoms with Crippen LogP contribution in [0.4, 0.5) is 18.9 Å². The molecule has 0 atom stereocenters. The van der Waals surface area contributed by atoms with Crippen molar-refractivity contribution >= 4 is 17.2 Å². The zero-order valence-corrected chi connectivity index (χ0v) is 22.8. The summed E-state index contributed by atoms with van der Waals surface area (Å²) in [5, 5.41) is 11.3. The normalized spacial score (nSPS) is 11.9. The molecule has 3 heterocycles. The Morgan fingerprint density at radius 1 is 1.02 bits per heavy atom. The van der Waals surface area contributed by atoms with Crippen LogP contribution in [0.1, 0.15) is 63.9 Å². The van der Waals surface area contributed by atoms with Gasteiger partial charge in [-0.1, -0.05) is 62.4 Å². The first-order chi connectivity index (χ1) is 18.9. The first kappa shape index (κ1) is 27.1. The number of alkyl halides is 3. The molecule has 1 amide bonds. The third kappa shape index (κ3) is 5.09. The van der Waals surface area contributed by atoms with E-state index in [9.17, 15) is 18.0 Å². The first-order valence-corrected chi connectivity index (χ1v) is 12.9. The Morgan fingerprint density at radius 2 is 1.73 bits per heavy atom. The van der Waals surface area contributed by atoms with Crippen LogP contribution in [0.25, 0.3) is 16.9 Å². The van der Waals surface area contributed by atoms with Crippen LogP contribution in [0, 0.1) is 20.8 Å². The number of aryl methyl sites for hydroxylation is 2. The largest absolute Gasteiger partial charge is 0.433 e. The summed E-state index contributed by atoms with van der Waals surface area (Å²) in [6, 6.07) is 16.1. The Morgan fingerprint density at radius 3 is 2.38 bits per heavy atom. The molecule has 0 spiro atoms. The summed E-state index contributed by atoms with van der Waals surface area (Å²) in [5.74, 6) is -0.349. The molecule has 0 unspecified atom stereocenters. The van der Waals surface area contributed by atoms with Crippen molar-refractivity contribution in [2.24, 2.45) is 0 Å². The Balaban J connectivity index is 1.52. The summed E-state index contributed by atoms with van der Waals surface area (Å²) < 4.78 is 44.6. The second-order valence-corrected chi connectivity index (χ2v) is 10.2. The minimum absolute atomic E-state index is 0.0726. The number of rotatable bonds is 6. The van der Waals surface area contributed by atoms with Crippen LogP contribution in [0.2, 0.25) is 0 Å². The molecular weight excluding hydrogens is 517 g/mol. The van der Waals surface area contributed by atoms with Gasteiger partial charge in [0, 0.05) is 5.56 Å². The topological polar surface area (TPSA) is 77.1 Å². The summed E-state index contributed by atoms with van der Waals surface area (Å²) in [5.41, 5.74) is 4.41. The maximum atomic E-state index is 14.1. The highest BCUT2D eigenvalue weighted by Crippen LogP contribution is 2.33. The summed E-state index contributed by atoms with van der Waals surface area (Å²) in [7, 11) is 0. The summed E-state index contributed by atoms with van der Waals surface area (Å²) in [6.07, 6.45) is -3.60. The van der Waals surface area contributed by atoms with Crippen LogP contribution < -0.4 is 5.32 Å². The van der Waals surface area contributed by atoms with Crippen LogP contribution in [0.3, 0.4) is 0 Å². The van der Waals surface area contributed by atoms with Gasteiger partial charge in [-0.2, -0.15) is 23.4 Å². The lowest BCUT2D eigenvalue weighted by Gasteiger charge is -2.12. The number of nitrogens with one attached hydrogen (secondary N) is 1. The Labute approximate surface area is 229 Å². The number of hydrogen-bond acceptors (Lipinski definition) is 4. The standard InChI is InChI=1S/C30H29F3N6O/c1-17(2)21-10-12-22(13-11-21)25-14-26(30(31,32)33)39-28(35-25)24(15-34-39)29(40)36-27-19(4)37-38(20(27)5)16-23-9-7-6-8-18(23)3/h6-15,17H,16H2,1-5H3,(H,36,40).